The van der Waals surface area contributed by atoms with Gasteiger partial charge in [-0.2, -0.15) is 0 Å². The highest BCUT2D eigenvalue weighted by atomic mass is 15.3. The number of likely N-dealkylation sites (N-methyl/N-ethyl adjacent to an activating group) is 1. The van der Waals surface area contributed by atoms with Gasteiger partial charge in [-0.3, -0.25) is 4.57 Å². The zero-order valence-corrected chi connectivity index (χ0v) is 12.4. The smallest absolute Gasteiger partial charge is 0.208 e. The first kappa shape index (κ1) is 12.6. The van der Waals surface area contributed by atoms with E-state index in [4.69, 9.17) is 4.98 Å². The summed E-state index contributed by atoms with van der Waals surface area (Å²) in [5.41, 5.74) is 1.88. The summed E-state index contributed by atoms with van der Waals surface area (Å²) in [4.78, 5) is 18.4. The second-order valence-corrected chi connectivity index (χ2v) is 5.79. The van der Waals surface area contributed by atoms with Crippen LogP contribution in [0.3, 0.4) is 0 Å². The average Bonchev–Trinajstić information content (AvgIpc) is 2.81. The standard InChI is InChI=1S/C15H20N6/c1-19-7-5-6-10-21-14-12(18-15(19)21)13(16-11-17-14)20-8-3-2-4-9-20/h5-6,11H,2-4,7-10H2,1H3. The van der Waals surface area contributed by atoms with Gasteiger partial charge < -0.3 is 9.80 Å². The zero-order chi connectivity index (χ0) is 14.2. The van der Waals surface area contributed by atoms with E-state index in [2.05, 4.69) is 43.5 Å². The van der Waals surface area contributed by atoms with Crippen molar-refractivity contribution in [3.8, 4) is 0 Å². The third-order valence-electron chi connectivity index (χ3n) is 4.32. The fourth-order valence-corrected chi connectivity index (χ4v) is 3.20. The lowest BCUT2D eigenvalue weighted by atomic mass is 10.1. The van der Waals surface area contributed by atoms with Crippen LogP contribution in [0, 0.1) is 0 Å². The molecule has 1 fully saturated rings. The van der Waals surface area contributed by atoms with Crippen molar-refractivity contribution in [3.63, 3.8) is 0 Å². The third kappa shape index (κ3) is 2.05. The van der Waals surface area contributed by atoms with Crippen LogP contribution in [0.25, 0.3) is 11.2 Å². The Hall–Kier alpha value is -2.11. The van der Waals surface area contributed by atoms with Crippen LogP contribution in [0.15, 0.2) is 18.5 Å². The SMILES string of the molecule is CN1CC=CCn2c1nc1c(N3CCCCC3)ncnc12. The van der Waals surface area contributed by atoms with Gasteiger partial charge in [0.15, 0.2) is 17.0 Å². The van der Waals surface area contributed by atoms with E-state index in [9.17, 15) is 0 Å². The first-order chi connectivity index (χ1) is 10.3. The van der Waals surface area contributed by atoms with Gasteiger partial charge in [0.1, 0.15) is 6.33 Å². The van der Waals surface area contributed by atoms with Crippen LogP contribution < -0.4 is 9.80 Å². The van der Waals surface area contributed by atoms with E-state index in [1.807, 2.05) is 0 Å². The molecular formula is C15H20N6. The Labute approximate surface area is 124 Å². The van der Waals surface area contributed by atoms with Crippen molar-refractivity contribution in [2.45, 2.75) is 25.8 Å². The normalized spacial score (nSPS) is 18.9. The minimum absolute atomic E-state index is 0.826. The Bertz CT molecular complexity index is 683. The number of piperidine rings is 1. The Morgan fingerprint density at radius 3 is 2.67 bits per heavy atom. The summed E-state index contributed by atoms with van der Waals surface area (Å²) in [6, 6.07) is 0. The molecule has 6 heteroatoms. The van der Waals surface area contributed by atoms with E-state index in [1.54, 1.807) is 6.33 Å². The quantitative estimate of drug-likeness (QED) is 0.748. The molecule has 6 nitrogen and oxygen atoms in total. The summed E-state index contributed by atoms with van der Waals surface area (Å²) in [5.74, 6) is 1.98. The fraction of sp³-hybridized carbons (Fsp3) is 0.533. The first-order valence-electron chi connectivity index (χ1n) is 7.67. The number of imidazole rings is 1. The molecule has 2 aromatic rings. The number of nitrogens with zero attached hydrogens (tertiary/aromatic N) is 6. The predicted molar refractivity (Wildman–Crippen MR) is 83.8 cm³/mol. The first-order valence-corrected chi connectivity index (χ1v) is 7.67. The molecule has 0 N–H and O–H groups in total. The molecule has 0 amide bonds. The zero-order valence-electron chi connectivity index (χ0n) is 12.4. The van der Waals surface area contributed by atoms with Crippen LogP contribution in [0.4, 0.5) is 11.8 Å². The second-order valence-electron chi connectivity index (χ2n) is 5.79. The number of fused-ring (bicyclic) bond motifs is 3. The maximum Gasteiger partial charge on any atom is 0.208 e. The van der Waals surface area contributed by atoms with Crippen molar-refractivity contribution in [2.24, 2.45) is 0 Å². The summed E-state index contributed by atoms with van der Waals surface area (Å²) in [7, 11) is 2.07. The minimum atomic E-state index is 0.826. The number of aromatic nitrogens is 4. The number of rotatable bonds is 1. The van der Waals surface area contributed by atoms with Crippen LogP contribution in [-0.4, -0.2) is 46.2 Å². The van der Waals surface area contributed by atoms with Gasteiger partial charge in [-0.1, -0.05) is 12.2 Å². The molecule has 0 bridgehead atoms. The van der Waals surface area contributed by atoms with Crippen molar-refractivity contribution in [2.75, 3.05) is 36.5 Å². The monoisotopic (exact) mass is 284 g/mol. The van der Waals surface area contributed by atoms with Crippen LogP contribution in [0.5, 0.6) is 0 Å². The highest BCUT2D eigenvalue weighted by Crippen LogP contribution is 2.29. The average molecular weight is 284 g/mol. The van der Waals surface area contributed by atoms with Gasteiger partial charge >= 0.3 is 0 Å². The molecule has 0 aromatic carbocycles. The molecular weight excluding hydrogens is 264 g/mol. The van der Waals surface area contributed by atoms with E-state index < -0.39 is 0 Å². The van der Waals surface area contributed by atoms with Gasteiger partial charge in [-0.15, -0.1) is 0 Å². The van der Waals surface area contributed by atoms with Crippen molar-refractivity contribution in [1.82, 2.24) is 19.5 Å². The number of anilines is 2. The molecule has 0 saturated carbocycles. The Morgan fingerprint density at radius 2 is 1.81 bits per heavy atom. The van der Waals surface area contributed by atoms with E-state index in [-0.39, 0.29) is 0 Å². The van der Waals surface area contributed by atoms with Gasteiger partial charge in [-0.05, 0) is 19.3 Å². The summed E-state index contributed by atoms with van der Waals surface area (Å²) in [6.07, 6.45) is 9.82. The lowest BCUT2D eigenvalue weighted by Gasteiger charge is -2.27. The van der Waals surface area contributed by atoms with Crippen molar-refractivity contribution < 1.29 is 0 Å². The summed E-state index contributed by atoms with van der Waals surface area (Å²) in [5, 5.41) is 0. The maximum absolute atomic E-state index is 4.85. The highest BCUT2D eigenvalue weighted by Gasteiger charge is 2.22. The van der Waals surface area contributed by atoms with Crippen LogP contribution >= 0.6 is 0 Å². The largest absolute Gasteiger partial charge is 0.355 e. The Morgan fingerprint density at radius 1 is 1.00 bits per heavy atom. The van der Waals surface area contributed by atoms with E-state index in [0.717, 1.165) is 49.1 Å². The van der Waals surface area contributed by atoms with Gasteiger partial charge in [0.25, 0.3) is 0 Å². The van der Waals surface area contributed by atoms with Crippen LogP contribution in [0.2, 0.25) is 0 Å². The van der Waals surface area contributed by atoms with Crippen LogP contribution in [-0.2, 0) is 6.54 Å². The van der Waals surface area contributed by atoms with Crippen LogP contribution in [0.1, 0.15) is 19.3 Å². The molecule has 0 spiro atoms. The molecule has 1 saturated heterocycles. The molecule has 4 heterocycles. The van der Waals surface area contributed by atoms with E-state index in [1.165, 1.54) is 19.3 Å². The molecule has 21 heavy (non-hydrogen) atoms. The number of hydrogen-bond donors (Lipinski definition) is 0. The number of hydrogen-bond acceptors (Lipinski definition) is 5. The Balaban J connectivity index is 1.86. The van der Waals surface area contributed by atoms with E-state index >= 15 is 0 Å². The fourth-order valence-electron chi connectivity index (χ4n) is 3.20. The molecule has 2 aliphatic heterocycles. The topological polar surface area (TPSA) is 50.1 Å². The lowest BCUT2D eigenvalue weighted by Crippen LogP contribution is -2.30. The maximum atomic E-state index is 4.85. The van der Waals surface area contributed by atoms with Gasteiger partial charge in [0, 0.05) is 33.2 Å². The summed E-state index contributed by atoms with van der Waals surface area (Å²) in [6.45, 7) is 3.86. The molecule has 0 radical (unpaired) electrons. The molecule has 0 atom stereocenters. The predicted octanol–water partition coefficient (Wildman–Crippen LogP) is 1.82. The van der Waals surface area contributed by atoms with Crippen molar-refractivity contribution in [3.05, 3.63) is 18.5 Å². The van der Waals surface area contributed by atoms with Gasteiger partial charge in [0.05, 0.1) is 0 Å². The van der Waals surface area contributed by atoms with Gasteiger partial charge in [-0.25, -0.2) is 15.0 Å². The summed E-state index contributed by atoms with van der Waals surface area (Å²) >= 11 is 0. The van der Waals surface area contributed by atoms with Gasteiger partial charge in [0.2, 0.25) is 5.95 Å². The van der Waals surface area contributed by atoms with Crippen molar-refractivity contribution in [1.29, 1.82) is 0 Å². The molecule has 0 unspecified atom stereocenters. The highest BCUT2D eigenvalue weighted by molar-refractivity contribution is 5.86. The molecule has 2 aromatic heterocycles. The molecule has 2 aliphatic rings. The molecule has 4 rings (SSSR count). The number of allylic oxidation sites excluding steroid dienone is 1. The van der Waals surface area contributed by atoms with Crippen molar-refractivity contribution >= 4 is 22.9 Å². The molecule has 0 aliphatic carbocycles. The molecule has 110 valence electrons. The third-order valence-corrected chi connectivity index (χ3v) is 4.32. The summed E-state index contributed by atoms with van der Waals surface area (Å²) < 4.78 is 2.17. The lowest BCUT2D eigenvalue weighted by molar-refractivity contribution is 0.574. The second kappa shape index (κ2) is 5.02. The van der Waals surface area contributed by atoms with E-state index in [0.29, 0.717) is 0 Å². The minimum Gasteiger partial charge on any atom is -0.355 e. The Kier molecular flexibility index (Phi) is 3.02.